The molecule has 0 atom stereocenters. The van der Waals surface area contributed by atoms with Gasteiger partial charge in [0.2, 0.25) is 0 Å². The molecule has 33 heavy (non-hydrogen) atoms. The van der Waals surface area contributed by atoms with Crippen molar-refractivity contribution in [2.45, 2.75) is 23.6 Å². The Balaban J connectivity index is 0.000000337. The number of rotatable bonds is 1. The van der Waals surface area contributed by atoms with E-state index >= 15 is 0 Å². The third-order valence-electron chi connectivity index (χ3n) is 5.61. The molecule has 0 aromatic heterocycles. The van der Waals surface area contributed by atoms with Crippen LogP contribution in [0, 0.1) is 13.8 Å². The quantitative estimate of drug-likeness (QED) is 0.241. The van der Waals surface area contributed by atoms with Gasteiger partial charge in [-0.05, 0) is 30.0 Å². The van der Waals surface area contributed by atoms with Crippen LogP contribution in [0.4, 0.5) is 17.1 Å². The van der Waals surface area contributed by atoms with Crippen molar-refractivity contribution in [2.75, 3.05) is 4.90 Å². The van der Waals surface area contributed by atoms with Gasteiger partial charge in [0.15, 0.2) is 0 Å². The second-order valence-electron chi connectivity index (χ2n) is 7.61. The van der Waals surface area contributed by atoms with Gasteiger partial charge in [-0.25, -0.2) is 12.1 Å². The van der Waals surface area contributed by atoms with E-state index in [2.05, 4.69) is 122 Å². The summed E-state index contributed by atoms with van der Waals surface area (Å²) in [5.41, 5.74) is 6.52. The minimum atomic E-state index is 0. The number of fused-ring (bicyclic) bond motifs is 3. The van der Waals surface area contributed by atoms with Gasteiger partial charge in [0.05, 0.1) is 11.4 Å². The fourth-order valence-electron chi connectivity index (χ4n) is 3.85. The molecule has 0 saturated carbocycles. The van der Waals surface area contributed by atoms with E-state index in [9.17, 15) is 0 Å². The first-order valence-corrected chi connectivity index (χ1v) is 11.0. The average molecular weight is 524 g/mol. The number of hydrogen-bond acceptors (Lipinski definition) is 2. The molecule has 0 unspecified atom stereocenters. The molecule has 1 heterocycles. The van der Waals surface area contributed by atoms with Gasteiger partial charge in [-0.3, -0.25) is 0 Å². The van der Waals surface area contributed by atoms with E-state index in [1.165, 1.54) is 48.8 Å². The Bertz CT molecular complexity index is 1230. The Morgan fingerprint density at radius 2 is 1.33 bits per heavy atom. The summed E-state index contributed by atoms with van der Waals surface area (Å²) in [6.07, 6.45) is 0. The van der Waals surface area contributed by atoms with Crippen LogP contribution >= 0.6 is 11.8 Å². The monoisotopic (exact) mass is 523 g/mol. The van der Waals surface area contributed by atoms with Crippen LogP contribution in [0.25, 0.3) is 10.8 Å². The second-order valence-corrected chi connectivity index (χ2v) is 8.69. The fraction of sp³-hybridized carbons (Fsp3) is 0.0714. The maximum Gasteiger partial charge on any atom is 4.00 e. The molecular formula is C28H23Cl2NSTi. The maximum atomic E-state index is 2.38. The standard InChI is InChI=1S/C21H14NS.C7H9.2ClH.Ti/c1-2-8-16-14-17(13-15(16)7-1)22-18-9-3-5-11-20(18)23-21-12-6-4-10-19(21)22;1-6-4-3-5-7(6)2;;;/h1-14H;3-5H,1-2H3;2*1H;/q2*-1;;;+4/p-2. The minimum absolute atomic E-state index is 0. The van der Waals surface area contributed by atoms with Crippen molar-refractivity contribution in [1.82, 2.24) is 0 Å². The molecule has 0 bridgehead atoms. The summed E-state index contributed by atoms with van der Waals surface area (Å²) < 4.78 is 0. The third kappa shape index (κ3) is 5.59. The molecule has 1 nitrogen and oxygen atoms in total. The van der Waals surface area contributed by atoms with Crippen molar-refractivity contribution < 1.29 is 46.5 Å². The summed E-state index contributed by atoms with van der Waals surface area (Å²) in [6, 6.07) is 36.7. The Morgan fingerprint density at radius 3 is 1.85 bits per heavy atom. The van der Waals surface area contributed by atoms with Gasteiger partial charge in [0.1, 0.15) is 0 Å². The molecule has 5 aromatic rings. The summed E-state index contributed by atoms with van der Waals surface area (Å²) in [6.45, 7) is 4.24. The maximum absolute atomic E-state index is 2.38. The van der Waals surface area contributed by atoms with Crippen molar-refractivity contribution in [3.8, 4) is 0 Å². The van der Waals surface area contributed by atoms with Crippen molar-refractivity contribution >= 4 is 39.6 Å². The van der Waals surface area contributed by atoms with Gasteiger partial charge < -0.3 is 29.7 Å². The summed E-state index contributed by atoms with van der Waals surface area (Å²) in [5.74, 6) is 0. The summed E-state index contributed by atoms with van der Waals surface area (Å²) in [5, 5.41) is 2.58. The van der Waals surface area contributed by atoms with Gasteiger partial charge in [-0.1, -0.05) is 55.9 Å². The van der Waals surface area contributed by atoms with E-state index in [1.54, 1.807) is 0 Å². The molecule has 5 aromatic carbocycles. The van der Waals surface area contributed by atoms with E-state index in [0.29, 0.717) is 0 Å². The van der Waals surface area contributed by atoms with Gasteiger partial charge in [0.25, 0.3) is 0 Å². The molecule has 0 amide bonds. The summed E-state index contributed by atoms with van der Waals surface area (Å²) >= 11 is 1.85. The van der Waals surface area contributed by atoms with Crippen molar-refractivity contribution in [3.63, 3.8) is 0 Å². The summed E-state index contributed by atoms with van der Waals surface area (Å²) in [4.78, 5) is 4.98. The molecule has 1 aliphatic rings. The Kier molecular flexibility index (Phi) is 9.90. The van der Waals surface area contributed by atoms with Crippen LogP contribution in [-0.4, -0.2) is 0 Å². The zero-order valence-corrected chi connectivity index (χ0v) is 22.3. The molecule has 0 fully saturated rings. The Hall–Kier alpha value is -1.94. The van der Waals surface area contributed by atoms with Gasteiger partial charge >= 0.3 is 21.7 Å². The summed E-state index contributed by atoms with van der Waals surface area (Å²) in [7, 11) is 0. The molecule has 0 spiro atoms. The first-order chi connectivity index (χ1) is 14.7. The molecule has 1 aliphatic heterocycles. The Labute approximate surface area is 227 Å². The van der Waals surface area contributed by atoms with Crippen LogP contribution < -0.4 is 29.7 Å². The molecular weight excluding hydrogens is 501 g/mol. The van der Waals surface area contributed by atoms with Gasteiger partial charge in [-0.2, -0.15) is 17.2 Å². The molecule has 5 heteroatoms. The van der Waals surface area contributed by atoms with Crippen molar-refractivity contribution in [3.05, 3.63) is 114 Å². The number of halogens is 2. The van der Waals surface area contributed by atoms with Crippen LogP contribution in [0.5, 0.6) is 0 Å². The Morgan fingerprint density at radius 1 is 0.758 bits per heavy atom. The SMILES string of the molecule is Cc1ccc[c-]1C.[Cl-].[Cl-].[Ti+4].c1ccc2c(c1)Sc1ccccc1N2c1cc2ccccc2[cH-]1. The van der Waals surface area contributed by atoms with Gasteiger partial charge in [0, 0.05) is 9.79 Å². The number of nitrogens with zero attached hydrogens (tertiary/aromatic N) is 1. The molecule has 6 rings (SSSR count). The van der Waals surface area contributed by atoms with E-state index < -0.39 is 0 Å². The van der Waals surface area contributed by atoms with Crippen LogP contribution in [0.1, 0.15) is 11.1 Å². The number of para-hydroxylation sites is 2. The molecule has 164 valence electrons. The van der Waals surface area contributed by atoms with Crippen LogP contribution in [0.2, 0.25) is 0 Å². The minimum Gasteiger partial charge on any atom is -1.00 e. The normalized spacial score (nSPS) is 11.0. The van der Waals surface area contributed by atoms with Crippen molar-refractivity contribution in [2.24, 2.45) is 0 Å². The van der Waals surface area contributed by atoms with Crippen LogP contribution in [0.3, 0.4) is 0 Å². The number of benzene rings is 3. The predicted molar refractivity (Wildman–Crippen MR) is 130 cm³/mol. The smallest absolute Gasteiger partial charge is 1.00 e. The first-order valence-electron chi connectivity index (χ1n) is 10.2. The number of hydrogen-bond donors (Lipinski definition) is 0. The zero-order valence-electron chi connectivity index (χ0n) is 18.4. The molecule has 0 saturated heterocycles. The number of anilines is 3. The zero-order chi connectivity index (χ0) is 20.5. The average Bonchev–Trinajstić information content (AvgIpc) is 3.37. The fourth-order valence-corrected chi connectivity index (χ4v) is 4.90. The topological polar surface area (TPSA) is 3.24 Å². The van der Waals surface area contributed by atoms with E-state index in [4.69, 9.17) is 0 Å². The van der Waals surface area contributed by atoms with Gasteiger partial charge in [-0.15, -0.1) is 41.1 Å². The van der Waals surface area contributed by atoms with Crippen LogP contribution in [-0.2, 0) is 21.7 Å². The largest absolute Gasteiger partial charge is 4.00 e. The molecule has 0 N–H and O–H groups in total. The van der Waals surface area contributed by atoms with E-state index in [0.717, 1.165) is 0 Å². The van der Waals surface area contributed by atoms with Crippen LogP contribution in [0.15, 0.2) is 113 Å². The number of aryl methyl sites for hydroxylation is 2. The predicted octanol–water partition coefficient (Wildman–Crippen LogP) is 2.52. The van der Waals surface area contributed by atoms with E-state index in [-0.39, 0.29) is 46.5 Å². The molecule has 0 aliphatic carbocycles. The van der Waals surface area contributed by atoms with E-state index in [1.807, 2.05) is 11.8 Å². The third-order valence-corrected chi connectivity index (χ3v) is 6.74. The molecule has 0 radical (unpaired) electrons. The first kappa shape index (κ1) is 27.3. The van der Waals surface area contributed by atoms with Crippen molar-refractivity contribution in [1.29, 1.82) is 0 Å². The second kappa shape index (κ2) is 12.0.